The fourth-order valence-corrected chi connectivity index (χ4v) is 3.35. The lowest BCUT2D eigenvalue weighted by Gasteiger charge is -2.10. The van der Waals surface area contributed by atoms with Gasteiger partial charge in [0.1, 0.15) is 11.5 Å². The first-order valence-corrected chi connectivity index (χ1v) is 9.50. The van der Waals surface area contributed by atoms with E-state index in [-0.39, 0.29) is 17.9 Å². The van der Waals surface area contributed by atoms with Crippen LogP contribution in [-0.4, -0.2) is 15.3 Å². The summed E-state index contributed by atoms with van der Waals surface area (Å²) in [6.45, 7) is 0. The van der Waals surface area contributed by atoms with Gasteiger partial charge in [0.2, 0.25) is 5.91 Å². The zero-order valence-electron chi connectivity index (χ0n) is 16.2. The Bertz CT molecular complexity index is 1230. The van der Waals surface area contributed by atoms with Crippen LogP contribution >= 0.6 is 0 Å². The molecule has 0 aliphatic rings. The molecule has 1 amide bonds. The van der Waals surface area contributed by atoms with Crippen molar-refractivity contribution in [3.8, 4) is 11.3 Å². The molecule has 1 N–H and O–H groups in total. The lowest BCUT2D eigenvalue weighted by Crippen LogP contribution is -2.14. The largest absolute Gasteiger partial charge is 0.416 e. The number of pyridine rings is 1. The summed E-state index contributed by atoms with van der Waals surface area (Å²) in [4.78, 5) is 17.0. The summed E-state index contributed by atoms with van der Waals surface area (Å²) in [6.07, 6.45) is -2.34. The summed E-state index contributed by atoms with van der Waals surface area (Å²) in [5, 5.41) is 2.51. The van der Waals surface area contributed by atoms with Crippen LogP contribution in [0.15, 0.2) is 72.9 Å². The molecule has 2 aromatic carbocycles. The third-order valence-electron chi connectivity index (χ3n) is 4.81. The predicted molar refractivity (Wildman–Crippen MR) is 109 cm³/mol. The average Bonchev–Trinajstić information content (AvgIpc) is 3.11. The Morgan fingerprint density at radius 2 is 1.77 bits per heavy atom. The molecule has 0 bridgehead atoms. The fraction of sp³-hybridized carbons (Fsp3) is 0.130. The lowest BCUT2D eigenvalue weighted by atomic mass is 10.1. The number of hydrogen-bond acceptors (Lipinski definition) is 2. The van der Waals surface area contributed by atoms with Gasteiger partial charge in [-0.1, -0.05) is 12.1 Å². The first kappa shape index (κ1) is 20.6. The van der Waals surface area contributed by atoms with Gasteiger partial charge in [-0.15, -0.1) is 0 Å². The van der Waals surface area contributed by atoms with Crippen LogP contribution in [0.5, 0.6) is 0 Å². The van der Waals surface area contributed by atoms with Crippen molar-refractivity contribution in [1.82, 2.24) is 9.38 Å². The molecule has 31 heavy (non-hydrogen) atoms. The number of fused-ring (bicyclic) bond motifs is 1. The van der Waals surface area contributed by atoms with Crippen molar-refractivity contribution < 1.29 is 22.4 Å². The first-order chi connectivity index (χ1) is 14.8. The number of nitrogens with one attached hydrogen (secondary N) is 1. The molecule has 0 saturated heterocycles. The number of anilines is 1. The Balaban J connectivity index is 1.56. The van der Waals surface area contributed by atoms with E-state index in [2.05, 4.69) is 10.3 Å². The lowest BCUT2D eigenvalue weighted by molar-refractivity contribution is -0.137. The van der Waals surface area contributed by atoms with Gasteiger partial charge in [-0.3, -0.25) is 4.79 Å². The Morgan fingerprint density at radius 3 is 2.52 bits per heavy atom. The van der Waals surface area contributed by atoms with E-state index in [0.29, 0.717) is 23.3 Å². The number of amides is 1. The molecule has 0 spiro atoms. The maximum absolute atomic E-state index is 13.3. The highest BCUT2D eigenvalue weighted by Crippen LogP contribution is 2.31. The molecule has 4 aromatic rings. The molecule has 0 aliphatic heterocycles. The molecule has 0 unspecified atom stereocenters. The van der Waals surface area contributed by atoms with Crippen LogP contribution in [0, 0.1) is 5.82 Å². The molecule has 0 fully saturated rings. The number of aryl methyl sites for hydroxylation is 1. The zero-order chi connectivity index (χ0) is 22.0. The highest BCUT2D eigenvalue weighted by molar-refractivity contribution is 5.91. The molecule has 0 aliphatic carbocycles. The van der Waals surface area contributed by atoms with Gasteiger partial charge in [-0.2, -0.15) is 13.2 Å². The fourth-order valence-electron chi connectivity index (χ4n) is 3.35. The third-order valence-corrected chi connectivity index (χ3v) is 4.81. The summed E-state index contributed by atoms with van der Waals surface area (Å²) in [5.74, 6) is -0.787. The van der Waals surface area contributed by atoms with Crippen LogP contribution in [0.1, 0.15) is 17.7 Å². The van der Waals surface area contributed by atoms with Gasteiger partial charge in [0.15, 0.2) is 0 Å². The van der Waals surface area contributed by atoms with Crippen molar-refractivity contribution in [3.05, 3.63) is 90.0 Å². The number of carbonyl (C=O) groups is 1. The van der Waals surface area contributed by atoms with E-state index < -0.39 is 17.6 Å². The molecular weight excluding hydrogens is 410 g/mol. The number of benzene rings is 2. The number of alkyl halides is 3. The normalized spacial score (nSPS) is 11.6. The standard InChI is InChI=1S/C23H17F4N3O/c24-17-9-7-15(8-10-17)22-19(30-13-2-1-6-20(30)29-22)11-12-21(31)28-18-5-3-4-16(14-18)23(25,26)27/h1-10,13-14H,11-12H2,(H,28,31). The quantitative estimate of drug-likeness (QED) is 0.414. The van der Waals surface area contributed by atoms with Crippen LogP contribution in [-0.2, 0) is 17.4 Å². The molecule has 4 nitrogen and oxygen atoms in total. The molecule has 0 saturated carbocycles. The van der Waals surface area contributed by atoms with E-state index in [0.717, 1.165) is 17.8 Å². The van der Waals surface area contributed by atoms with Crippen molar-refractivity contribution in [2.75, 3.05) is 5.32 Å². The van der Waals surface area contributed by atoms with E-state index in [9.17, 15) is 22.4 Å². The summed E-state index contributed by atoms with van der Waals surface area (Å²) < 4.78 is 53.8. The Hall–Kier alpha value is -3.68. The Morgan fingerprint density at radius 1 is 1.00 bits per heavy atom. The summed E-state index contributed by atoms with van der Waals surface area (Å²) >= 11 is 0. The molecule has 2 aromatic heterocycles. The Kier molecular flexibility index (Phi) is 5.46. The van der Waals surface area contributed by atoms with Crippen molar-refractivity contribution in [3.63, 3.8) is 0 Å². The minimum Gasteiger partial charge on any atom is -0.326 e. The highest BCUT2D eigenvalue weighted by atomic mass is 19.4. The predicted octanol–water partition coefficient (Wildman–Crippen LogP) is 5.73. The molecule has 0 radical (unpaired) electrons. The molecule has 158 valence electrons. The summed E-state index contributed by atoms with van der Waals surface area (Å²) in [7, 11) is 0. The number of nitrogens with zero attached hydrogens (tertiary/aromatic N) is 2. The van der Waals surface area contributed by atoms with Gasteiger partial charge in [0.25, 0.3) is 0 Å². The van der Waals surface area contributed by atoms with E-state index >= 15 is 0 Å². The maximum Gasteiger partial charge on any atom is 0.416 e. The maximum atomic E-state index is 13.3. The average molecular weight is 427 g/mol. The SMILES string of the molecule is O=C(CCc1c(-c2ccc(F)cc2)nc2ccccn12)Nc1cccc(C(F)(F)F)c1. The topological polar surface area (TPSA) is 46.4 Å². The van der Waals surface area contributed by atoms with Crippen molar-refractivity contribution in [2.45, 2.75) is 19.0 Å². The van der Waals surface area contributed by atoms with Crippen LogP contribution < -0.4 is 5.32 Å². The van der Waals surface area contributed by atoms with E-state index in [1.165, 1.54) is 24.3 Å². The van der Waals surface area contributed by atoms with Crippen LogP contribution in [0.4, 0.5) is 23.2 Å². The highest BCUT2D eigenvalue weighted by Gasteiger charge is 2.30. The van der Waals surface area contributed by atoms with E-state index in [1.807, 2.05) is 28.8 Å². The number of hydrogen-bond donors (Lipinski definition) is 1. The summed E-state index contributed by atoms with van der Waals surface area (Å²) in [6, 6.07) is 15.9. The second-order valence-corrected chi connectivity index (χ2v) is 6.97. The van der Waals surface area contributed by atoms with Crippen molar-refractivity contribution in [1.29, 1.82) is 0 Å². The number of carbonyl (C=O) groups excluding carboxylic acids is 1. The van der Waals surface area contributed by atoms with Crippen LogP contribution in [0.25, 0.3) is 16.9 Å². The van der Waals surface area contributed by atoms with Crippen molar-refractivity contribution in [2.24, 2.45) is 0 Å². The van der Waals surface area contributed by atoms with Gasteiger partial charge >= 0.3 is 6.18 Å². The van der Waals surface area contributed by atoms with Gasteiger partial charge in [0, 0.05) is 23.9 Å². The Labute approximate surface area is 175 Å². The molecular formula is C23H17F4N3O. The third kappa shape index (κ3) is 4.58. The number of aromatic nitrogens is 2. The van der Waals surface area contributed by atoms with Crippen LogP contribution in [0.2, 0.25) is 0 Å². The van der Waals surface area contributed by atoms with E-state index in [4.69, 9.17) is 0 Å². The minimum atomic E-state index is -4.48. The molecule has 8 heteroatoms. The van der Waals surface area contributed by atoms with Gasteiger partial charge in [0.05, 0.1) is 17.0 Å². The number of rotatable bonds is 5. The number of imidazole rings is 1. The summed E-state index contributed by atoms with van der Waals surface area (Å²) in [5.41, 5.74) is 2.01. The van der Waals surface area contributed by atoms with Crippen molar-refractivity contribution >= 4 is 17.2 Å². The smallest absolute Gasteiger partial charge is 0.326 e. The molecule has 0 atom stereocenters. The second kappa shape index (κ2) is 8.22. The second-order valence-electron chi connectivity index (χ2n) is 6.97. The molecule has 4 rings (SSSR count). The van der Waals surface area contributed by atoms with Crippen LogP contribution in [0.3, 0.4) is 0 Å². The van der Waals surface area contributed by atoms with Gasteiger partial charge in [-0.05, 0) is 61.0 Å². The molecule has 2 heterocycles. The van der Waals surface area contributed by atoms with E-state index in [1.54, 1.807) is 12.1 Å². The number of halogens is 4. The zero-order valence-corrected chi connectivity index (χ0v) is 16.2. The first-order valence-electron chi connectivity index (χ1n) is 9.50. The van der Waals surface area contributed by atoms with Gasteiger partial charge in [-0.25, -0.2) is 9.37 Å². The monoisotopic (exact) mass is 427 g/mol. The minimum absolute atomic E-state index is 0.0348. The van der Waals surface area contributed by atoms with Gasteiger partial charge < -0.3 is 9.72 Å².